The molecule has 1 atom stereocenters. The summed E-state index contributed by atoms with van der Waals surface area (Å²) in [5.41, 5.74) is -0.481. The Balaban J connectivity index is 2.70. The summed E-state index contributed by atoms with van der Waals surface area (Å²) in [7, 11) is 0. The van der Waals surface area contributed by atoms with Gasteiger partial charge in [-0.1, -0.05) is 50.6 Å². The largest absolute Gasteiger partial charge is 0.492 e. The predicted octanol–water partition coefficient (Wildman–Crippen LogP) is 2.99. The number of aromatic nitrogens is 2. The first-order valence-electron chi connectivity index (χ1n) is 8.13. The summed E-state index contributed by atoms with van der Waals surface area (Å²) in [4.78, 5) is 28.1. The highest BCUT2D eigenvalue weighted by molar-refractivity contribution is 5.89. The van der Waals surface area contributed by atoms with Crippen LogP contribution in [-0.4, -0.2) is 25.7 Å². The number of carboxylic acids is 1. The summed E-state index contributed by atoms with van der Waals surface area (Å²) >= 11 is 0. The highest BCUT2D eigenvalue weighted by Gasteiger charge is 2.25. The number of nitrogens with zero attached hydrogens (tertiary/aromatic N) is 2. The van der Waals surface area contributed by atoms with Crippen LogP contribution in [0.4, 0.5) is 0 Å². The Morgan fingerprint density at radius 1 is 1.25 bits per heavy atom. The van der Waals surface area contributed by atoms with Crippen LogP contribution in [0.5, 0.6) is 5.88 Å². The Labute approximate surface area is 140 Å². The minimum absolute atomic E-state index is 0.322. The van der Waals surface area contributed by atoms with Crippen LogP contribution in [-0.2, 0) is 6.42 Å². The molecular weight excluding hydrogens is 308 g/mol. The van der Waals surface area contributed by atoms with Crippen LogP contribution in [0.25, 0.3) is 0 Å². The van der Waals surface area contributed by atoms with Gasteiger partial charge in [0, 0.05) is 6.42 Å². The third kappa shape index (κ3) is 3.48. The van der Waals surface area contributed by atoms with E-state index in [1.54, 1.807) is 0 Å². The van der Waals surface area contributed by atoms with E-state index in [0.29, 0.717) is 18.7 Å². The molecule has 128 valence electrons. The van der Waals surface area contributed by atoms with E-state index in [1.807, 2.05) is 44.2 Å². The zero-order chi connectivity index (χ0) is 17.7. The maximum absolute atomic E-state index is 12.8. The zero-order valence-electron chi connectivity index (χ0n) is 13.9. The molecule has 0 saturated heterocycles. The summed E-state index contributed by atoms with van der Waals surface area (Å²) in [6.07, 6.45) is 2.81. The number of aromatic hydroxyl groups is 1. The molecule has 2 rings (SSSR count). The molecule has 0 aliphatic carbocycles. The zero-order valence-corrected chi connectivity index (χ0v) is 13.9. The molecule has 1 heterocycles. The molecular formula is C18H22N2O4. The van der Waals surface area contributed by atoms with Gasteiger partial charge in [0.05, 0.1) is 6.04 Å². The number of aromatic carboxylic acids is 1. The molecule has 0 spiro atoms. The van der Waals surface area contributed by atoms with Crippen molar-refractivity contribution in [2.75, 3.05) is 0 Å². The Morgan fingerprint density at radius 2 is 1.92 bits per heavy atom. The van der Waals surface area contributed by atoms with Gasteiger partial charge >= 0.3 is 5.97 Å². The normalized spacial score (nSPS) is 12.1. The molecule has 0 fully saturated rings. The van der Waals surface area contributed by atoms with Crippen molar-refractivity contribution in [2.24, 2.45) is 0 Å². The van der Waals surface area contributed by atoms with E-state index >= 15 is 0 Å². The summed E-state index contributed by atoms with van der Waals surface area (Å²) in [6, 6.07) is 9.11. The first-order chi connectivity index (χ1) is 11.5. The van der Waals surface area contributed by atoms with Gasteiger partial charge in [-0.25, -0.2) is 4.79 Å². The Kier molecular flexibility index (Phi) is 5.73. The molecule has 6 heteroatoms. The Hall–Kier alpha value is -2.63. The second-order valence-electron chi connectivity index (χ2n) is 5.65. The van der Waals surface area contributed by atoms with Crippen LogP contribution < -0.4 is 5.56 Å². The van der Waals surface area contributed by atoms with Crippen LogP contribution in [0, 0.1) is 0 Å². The van der Waals surface area contributed by atoms with Gasteiger partial charge in [-0.15, -0.1) is 0 Å². The van der Waals surface area contributed by atoms with Crippen molar-refractivity contribution in [2.45, 2.75) is 45.6 Å². The van der Waals surface area contributed by atoms with Crippen LogP contribution >= 0.6 is 0 Å². The molecule has 0 radical (unpaired) electrons. The third-order valence-electron chi connectivity index (χ3n) is 4.02. The van der Waals surface area contributed by atoms with Crippen molar-refractivity contribution >= 4 is 5.97 Å². The monoisotopic (exact) mass is 330 g/mol. The van der Waals surface area contributed by atoms with Gasteiger partial charge in [-0.05, 0) is 18.4 Å². The number of benzene rings is 1. The third-order valence-corrected chi connectivity index (χ3v) is 4.02. The van der Waals surface area contributed by atoms with Crippen molar-refractivity contribution in [1.29, 1.82) is 0 Å². The summed E-state index contributed by atoms with van der Waals surface area (Å²) in [5, 5.41) is 19.1. The predicted molar refractivity (Wildman–Crippen MR) is 90.6 cm³/mol. The second kappa shape index (κ2) is 7.77. The first kappa shape index (κ1) is 17.7. The molecule has 24 heavy (non-hydrogen) atoms. The lowest BCUT2D eigenvalue weighted by Crippen LogP contribution is -2.33. The number of hydrogen-bond donors (Lipinski definition) is 2. The molecule has 0 amide bonds. The van der Waals surface area contributed by atoms with Gasteiger partial charge < -0.3 is 10.2 Å². The maximum atomic E-state index is 12.8. The van der Waals surface area contributed by atoms with Gasteiger partial charge in [0.1, 0.15) is 5.82 Å². The van der Waals surface area contributed by atoms with Crippen molar-refractivity contribution in [3.63, 3.8) is 0 Å². The SMILES string of the molecule is CCCCc1nc(O)c(C(=O)O)c(=O)n1[C@@H](CC)c1ccccc1. The van der Waals surface area contributed by atoms with Crippen molar-refractivity contribution in [3.8, 4) is 5.88 Å². The molecule has 1 aromatic carbocycles. The summed E-state index contributed by atoms with van der Waals surface area (Å²) in [6.45, 7) is 3.95. The molecule has 0 aliphatic rings. The molecule has 0 aliphatic heterocycles. The van der Waals surface area contributed by atoms with E-state index in [2.05, 4.69) is 4.98 Å². The number of rotatable bonds is 7. The second-order valence-corrected chi connectivity index (χ2v) is 5.65. The van der Waals surface area contributed by atoms with E-state index < -0.39 is 23.0 Å². The van der Waals surface area contributed by atoms with Crippen molar-refractivity contribution in [3.05, 3.63) is 57.6 Å². The lowest BCUT2D eigenvalue weighted by Gasteiger charge is -2.22. The molecule has 0 saturated carbocycles. The van der Waals surface area contributed by atoms with E-state index in [1.165, 1.54) is 4.57 Å². The Bertz CT molecular complexity index is 769. The number of hydrogen-bond acceptors (Lipinski definition) is 4. The van der Waals surface area contributed by atoms with Crippen molar-refractivity contribution in [1.82, 2.24) is 9.55 Å². The highest BCUT2D eigenvalue weighted by Crippen LogP contribution is 2.24. The van der Waals surface area contributed by atoms with Gasteiger partial charge in [0.15, 0.2) is 5.56 Å². The number of carbonyl (C=O) groups is 1. The maximum Gasteiger partial charge on any atom is 0.346 e. The molecule has 6 nitrogen and oxygen atoms in total. The van der Waals surface area contributed by atoms with Crippen LogP contribution in [0.15, 0.2) is 35.1 Å². The molecule has 2 N–H and O–H groups in total. The smallest absolute Gasteiger partial charge is 0.346 e. The average Bonchev–Trinajstić information content (AvgIpc) is 2.56. The quantitative estimate of drug-likeness (QED) is 0.814. The van der Waals surface area contributed by atoms with Gasteiger partial charge in [-0.3, -0.25) is 9.36 Å². The fourth-order valence-electron chi connectivity index (χ4n) is 2.83. The summed E-state index contributed by atoms with van der Waals surface area (Å²) < 4.78 is 1.42. The van der Waals surface area contributed by atoms with E-state index in [0.717, 1.165) is 18.4 Å². The lowest BCUT2D eigenvalue weighted by molar-refractivity contribution is 0.0689. The fourth-order valence-corrected chi connectivity index (χ4v) is 2.83. The number of unbranched alkanes of at least 4 members (excludes halogenated alkanes) is 1. The molecule has 1 aromatic heterocycles. The van der Waals surface area contributed by atoms with E-state index in [4.69, 9.17) is 0 Å². The minimum atomic E-state index is -1.47. The first-order valence-corrected chi connectivity index (χ1v) is 8.13. The van der Waals surface area contributed by atoms with Gasteiger partial charge in [0.2, 0.25) is 5.88 Å². The lowest BCUT2D eigenvalue weighted by atomic mass is 10.0. The molecule has 0 bridgehead atoms. The standard InChI is InChI=1S/C18H22N2O4/c1-3-5-11-14-19-16(21)15(18(23)24)17(22)20(14)13(4-2)12-9-7-6-8-10-12/h6-10,13,21H,3-5,11H2,1-2H3,(H,23,24)/t13-/m0/s1. The topological polar surface area (TPSA) is 92.4 Å². The number of carboxylic acid groups (broad SMARTS) is 1. The number of aryl methyl sites for hydroxylation is 1. The molecule has 0 unspecified atom stereocenters. The van der Waals surface area contributed by atoms with E-state index in [9.17, 15) is 19.8 Å². The van der Waals surface area contributed by atoms with Crippen LogP contribution in [0.1, 0.15) is 60.9 Å². The summed E-state index contributed by atoms with van der Waals surface area (Å²) in [5.74, 6) is -1.76. The van der Waals surface area contributed by atoms with Crippen LogP contribution in [0.2, 0.25) is 0 Å². The van der Waals surface area contributed by atoms with Gasteiger partial charge in [-0.2, -0.15) is 4.98 Å². The molecule has 2 aromatic rings. The average molecular weight is 330 g/mol. The minimum Gasteiger partial charge on any atom is -0.492 e. The van der Waals surface area contributed by atoms with Crippen LogP contribution in [0.3, 0.4) is 0 Å². The van der Waals surface area contributed by atoms with E-state index in [-0.39, 0.29) is 6.04 Å². The fraction of sp³-hybridized carbons (Fsp3) is 0.389. The van der Waals surface area contributed by atoms with Gasteiger partial charge in [0.25, 0.3) is 5.56 Å². The Morgan fingerprint density at radius 3 is 2.46 bits per heavy atom. The highest BCUT2D eigenvalue weighted by atomic mass is 16.4. The van der Waals surface area contributed by atoms with Crippen molar-refractivity contribution < 1.29 is 15.0 Å².